The maximum absolute atomic E-state index is 13.1. The predicted octanol–water partition coefficient (Wildman–Crippen LogP) is 3.25. The summed E-state index contributed by atoms with van der Waals surface area (Å²) in [4.78, 5) is 10.2. The normalized spacial score (nSPS) is 10.3. The van der Waals surface area contributed by atoms with Gasteiger partial charge in [0.25, 0.3) is 5.69 Å². The van der Waals surface area contributed by atoms with Gasteiger partial charge in [0.05, 0.1) is 17.7 Å². The van der Waals surface area contributed by atoms with Gasteiger partial charge < -0.3 is 9.73 Å². The molecule has 2 aromatic rings. The number of nitrogens with zero attached hydrogens (tertiary/aromatic N) is 1. The number of anilines is 1. The Hall–Kier alpha value is -2.37. The number of hydrogen-bond donors (Lipinski definition) is 1. The second-order valence-corrected chi connectivity index (χ2v) is 3.80. The van der Waals surface area contributed by atoms with Gasteiger partial charge in [-0.2, -0.15) is 0 Å². The quantitative estimate of drug-likeness (QED) is 0.668. The summed E-state index contributed by atoms with van der Waals surface area (Å²) in [5, 5.41) is 13.6. The Labute approximate surface area is 102 Å². The van der Waals surface area contributed by atoms with E-state index < -0.39 is 10.7 Å². The Morgan fingerprint density at radius 2 is 2.22 bits per heavy atom. The minimum atomic E-state index is -0.559. The van der Waals surface area contributed by atoms with E-state index in [9.17, 15) is 14.5 Å². The molecule has 0 fully saturated rings. The topological polar surface area (TPSA) is 68.3 Å². The fourth-order valence-corrected chi connectivity index (χ4v) is 1.57. The molecule has 1 aromatic heterocycles. The average Bonchev–Trinajstić information content (AvgIpc) is 2.72. The van der Waals surface area contributed by atoms with Crippen molar-refractivity contribution in [3.8, 4) is 0 Å². The van der Waals surface area contributed by atoms with Gasteiger partial charge >= 0.3 is 0 Å². The Morgan fingerprint density at radius 1 is 1.44 bits per heavy atom. The Balaban J connectivity index is 2.20. The molecule has 0 atom stereocenters. The van der Waals surface area contributed by atoms with Crippen molar-refractivity contribution >= 4 is 11.4 Å². The first kappa shape index (κ1) is 12.1. The molecule has 0 saturated carbocycles. The van der Waals surface area contributed by atoms with Gasteiger partial charge in [0.15, 0.2) is 0 Å². The third kappa shape index (κ3) is 2.48. The van der Waals surface area contributed by atoms with Crippen molar-refractivity contribution in [2.45, 2.75) is 13.5 Å². The molecule has 0 bridgehead atoms. The van der Waals surface area contributed by atoms with E-state index in [0.717, 1.165) is 23.8 Å². The minimum absolute atomic E-state index is 0.135. The van der Waals surface area contributed by atoms with E-state index in [0.29, 0.717) is 5.76 Å². The number of aryl methyl sites for hydroxylation is 1. The summed E-state index contributed by atoms with van der Waals surface area (Å²) in [7, 11) is 0. The molecule has 94 valence electrons. The summed E-state index contributed by atoms with van der Waals surface area (Å²) in [6.07, 6.45) is 1.53. The number of nitro benzene ring substituents is 1. The van der Waals surface area contributed by atoms with Crippen LogP contribution in [0, 0.1) is 22.9 Å². The molecule has 0 unspecified atom stereocenters. The molecule has 0 radical (unpaired) electrons. The summed E-state index contributed by atoms with van der Waals surface area (Å²) >= 11 is 0. The zero-order chi connectivity index (χ0) is 13.1. The second-order valence-electron chi connectivity index (χ2n) is 3.80. The van der Waals surface area contributed by atoms with Gasteiger partial charge in [-0.1, -0.05) is 0 Å². The van der Waals surface area contributed by atoms with Gasteiger partial charge in [0.1, 0.15) is 17.3 Å². The summed E-state index contributed by atoms with van der Waals surface area (Å²) in [6, 6.07) is 5.07. The summed E-state index contributed by atoms with van der Waals surface area (Å²) in [5.41, 5.74) is 0.901. The summed E-state index contributed by atoms with van der Waals surface area (Å²) < 4.78 is 18.3. The summed E-state index contributed by atoms with van der Waals surface area (Å²) in [6.45, 7) is 2.13. The smallest absolute Gasteiger partial charge is 0.292 e. The Morgan fingerprint density at radius 3 is 2.83 bits per heavy atom. The molecule has 1 heterocycles. The highest BCUT2D eigenvalue weighted by Crippen LogP contribution is 2.25. The van der Waals surface area contributed by atoms with Gasteiger partial charge in [0, 0.05) is 12.1 Å². The van der Waals surface area contributed by atoms with Crippen molar-refractivity contribution in [3.05, 3.63) is 57.8 Å². The van der Waals surface area contributed by atoms with E-state index in [1.165, 1.54) is 6.26 Å². The third-order valence-electron chi connectivity index (χ3n) is 2.56. The first-order valence-electron chi connectivity index (χ1n) is 5.28. The lowest BCUT2D eigenvalue weighted by molar-refractivity contribution is -0.384. The zero-order valence-electron chi connectivity index (χ0n) is 9.64. The standard InChI is InChI=1S/C12H11FN2O3/c1-8-4-5-18-12(8)7-14-10-6-9(13)2-3-11(10)15(16)17/h2-6,14H,7H2,1H3. The molecule has 1 aromatic carbocycles. The average molecular weight is 250 g/mol. The van der Waals surface area contributed by atoms with Crippen LogP contribution in [0.15, 0.2) is 34.9 Å². The Bertz CT molecular complexity index is 580. The number of nitro groups is 1. The lowest BCUT2D eigenvalue weighted by Crippen LogP contribution is -2.03. The van der Waals surface area contributed by atoms with Crippen molar-refractivity contribution in [1.29, 1.82) is 0 Å². The maximum atomic E-state index is 13.1. The van der Waals surface area contributed by atoms with Crippen molar-refractivity contribution in [2.75, 3.05) is 5.32 Å². The van der Waals surface area contributed by atoms with Crippen molar-refractivity contribution in [2.24, 2.45) is 0 Å². The van der Waals surface area contributed by atoms with E-state index in [4.69, 9.17) is 4.42 Å². The largest absolute Gasteiger partial charge is 0.467 e. The molecule has 0 aliphatic rings. The molecule has 2 rings (SSSR count). The van der Waals surface area contributed by atoms with Crippen LogP contribution < -0.4 is 5.32 Å². The third-order valence-corrected chi connectivity index (χ3v) is 2.56. The molecule has 0 saturated heterocycles. The van der Waals surface area contributed by atoms with E-state index in [-0.39, 0.29) is 17.9 Å². The molecule has 1 N–H and O–H groups in total. The number of benzene rings is 1. The highest BCUT2D eigenvalue weighted by Gasteiger charge is 2.14. The van der Waals surface area contributed by atoms with Crippen LogP contribution in [-0.4, -0.2) is 4.92 Å². The van der Waals surface area contributed by atoms with Crippen molar-refractivity contribution in [3.63, 3.8) is 0 Å². The predicted molar refractivity (Wildman–Crippen MR) is 63.8 cm³/mol. The van der Waals surface area contributed by atoms with Gasteiger partial charge in [-0.15, -0.1) is 0 Å². The van der Waals surface area contributed by atoms with Crippen molar-refractivity contribution in [1.82, 2.24) is 0 Å². The molecular weight excluding hydrogens is 239 g/mol. The Kier molecular flexibility index (Phi) is 3.27. The zero-order valence-corrected chi connectivity index (χ0v) is 9.64. The van der Waals surface area contributed by atoms with Crippen LogP contribution in [0.25, 0.3) is 0 Å². The number of nitrogens with one attached hydrogen (secondary N) is 1. The lowest BCUT2D eigenvalue weighted by atomic mass is 10.2. The van der Waals surface area contributed by atoms with Gasteiger partial charge in [-0.25, -0.2) is 4.39 Å². The van der Waals surface area contributed by atoms with Crippen LogP contribution in [0.1, 0.15) is 11.3 Å². The monoisotopic (exact) mass is 250 g/mol. The van der Waals surface area contributed by atoms with Gasteiger partial charge in [-0.3, -0.25) is 10.1 Å². The van der Waals surface area contributed by atoms with Crippen LogP contribution >= 0.6 is 0 Å². The molecule has 5 nitrogen and oxygen atoms in total. The van der Waals surface area contributed by atoms with Gasteiger partial charge in [-0.05, 0) is 24.6 Å². The number of furan rings is 1. The van der Waals surface area contributed by atoms with E-state index >= 15 is 0 Å². The summed E-state index contributed by atoms with van der Waals surface area (Å²) in [5.74, 6) is 0.132. The van der Waals surface area contributed by atoms with Crippen LogP contribution in [0.2, 0.25) is 0 Å². The van der Waals surface area contributed by atoms with Gasteiger partial charge in [0.2, 0.25) is 0 Å². The fourth-order valence-electron chi connectivity index (χ4n) is 1.57. The molecular formula is C12H11FN2O3. The highest BCUT2D eigenvalue weighted by atomic mass is 19.1. The molecule has 0 amide bonds. The maximum Gasteiger partial charge on any atom is 0.292 e. The first-order valence-corrected chi connectivity index (χ1v) is 5.28. The van der Waals surface area contributed by atoms with Crippen LogP contribution in [0.5, 0.6) is 0 Å². The minimum Gasteiger partial charge on any atom is -0.467 e. The molecule has 6 heteroatoms. The van der Waals surface area contributed by atoms with E-state index in [2.05, 4.69) is 5.32 Å². The fraction of sp³-hybridized carbons (Fsp3) is 0.167. The SMILES string of the molecule is Cc1ccoc1CNc1cc(F)ccc1[N+](=O)[O-]. The highest BCUT2D eigenvalue weighted by molar-refractivity contribution is 5.61. The molecule has 0 aliphatic heterocycles. The number of rotatable bonds is 4. The van der Waals surface area contributed by atoms with Crippen LogP contribution in [0.3, 0.4) is 0 Å². The first-order chi connectivity index (χ1) is 8.58. The van der Waals surface area contributed by atoms with E-state index in [1.54, 1.807) is 6.07 Å². The second kappa shape index (κ2) is 4.87. The molecule has 0 aliphatic carbocycles. The number of halogens is 1. The van der Waals surface area contributed by atoms with Crippen LogP contribution in [0.4, 0.5) is 15.8 Å². The van der Waals surface area contributed by atoms with E-state index in [1.807, 2.05) is 6.92 Å². The van der Waals surface area contributed by atoms with Crippen molar-refractivity contribution < 1.29 is 13.7 Å². The number of hydrogen-bond acceptors (Lipinski definition) is 4. The molecule has 0 spiro atoms. The lowest BCUT2D eigenvalue weighted by Gasteiger charge is -2.06. The molecule has 18 heavy (non-hydrogen) atoms. The van der Waals surface area contributed by atoms with Crippen LogP contribution in [-0.2, 0) is 6.54 Å².